The fourth-order valence-corrected chi connectivity index (χ4v) is 3.04. The van der Waals surface area contributed by atoms with Gasteiger partial charge in [-0.1, -0.05) is 11.8 Å². The minimum absolute atomic E-state index is 0.0278. The molecule has 0 aliphatic heterocycles. The van der Waals surface area contributed by atoms with Crippen LogP contribution in [0.4, 0.5) is 4.39 Å². The fourth-order valence-electron chi connectivity index (χ4n) is 2.23. The molecule has 2 heterocycles. The number of hydrogen-bond acceptors (Lipinski definition) is 6. The number of hydrogen-bond donors (Lipinski definition) is 2. The number of carbonyl (C=O) groups is 2. The molecule has 1 aromatic carbocycles. The Morgan fingerprint density at radius 2 is 1.96 bits per heavy atom. The van der Waals surface area contributed by atoms with Gasteiger partial charge in [-0.2, -0.15) is 0 Å². The third-order valence-corrected chi connectivity index (χ3v) is 4.50. The van der Waals surface area contributed by atoms with Crippen LogP contribution < -0.4 is 10.9 Å². The van der Waals surface area contributed by atoms with E-state index in [9.17, 15) is 14.0 Å². The summed E-state index contributed by atoms with van der Waals surface area (Å²) in [7, 11) is 0. The fraction of sp³-hybridized carbons (Fsp3) is 0.176. The lowest BCUT2D eigenvalue weighted by Gasteiger charge is -2.08. The summed E-state index contributed by atoms with van der Waals surface area (Å²) in [6.07, 6.45) is 1.55. The van der Waals surface area contributed by atoms with Crippen LogP contribution in [0.25, 0.3) is 11.6 Å². The standard InChI is InChI=1S/C17H16FN5O3S/c1-2-23-15(13-4-3-9-26-13)20-22-17(23)27-10-14(24)19-21-16(25)11-5-7-12(18)8-6-11/h3-9H,2,10H2,1H3,(H,19,24)(H,21,25). The summed E-state index contributed by atoms with van der Waals surface area (Å²) < 4.78 is 20.0. The van der Waals surface area contributed by atoms with E-state index in [1.165, 1.54) is 36.0 Å². The molecular weight excluding hydrogens is 373 g/mol. The smallest absolute Gasteiger partial charge is 0.269 e. The summed E-state index contributed by atoms with van der Waals surface area (Å²) in [5, 5.41) is 8.73. The highest BCUT2D eigenvalue weighted by Crippen LogP contribution is 2.23. The highest BCUT2D eigenvalue weighted by Gasteiger charge is 2.16. The number of aromatic nitrogens is 3. The molecule has 27 heavy (non-hydrogen) atoms. The molecule has 0 spiro atoms. The van der Waals surface area contributed by atoms with Crippen LogP contribution in [0.15, 0.2) is 52.2 Å². The third-order valence-electron chi connectivity index (χ3n) is 3.53. The molecule has 0 saturated carbocycles. The van der Waals surface area contributed by atoms with E-state index in [1.54, 1.807) is 18.4 Å². The molecule has 10 heteroatoms. The molecule has 0 aliphatic rings. The number of halogens is 1. The molecule has 2 N–H and O–H groups in total. The summed E-state index contributed by atoms with van der Waals surface area (Å²) in [6.45, 7) is 2.54. The van der Waals surface area contributed by atoms with Crippen LogP contribution in [-0.2, 0) is 11.3 Å². The van der Waals surface area contributed by atoms with Crippen LogP contribution in [0, 0.1) is 5.82 Å². The van der Waals surface area contributed by atoms with Gasteiger partial charge in [0.15, 0.2) is 16.7 Å². The van der Waals surface area contributed by atoms with Gasteiger partial charge in [-0.15, -0.1) is 10.2 Å². The lowest BCUT2D eigenvalue weighted by molar-refractivity contribution is -0.119. The number of benzene rings is 1. The first-order chi connectivity index (χ1) is 13.1. The maximum absolute atomic E-state index is 12.9. The number of thioether (sulfide) groups is 1. The molecule has 3 aromatic rings. The Balaban J connectivity index is 1.53. The summed E-state index contributed by atoms with van der Waals surface area (Å²) in [5.41, 5.74) is 4.82. The second-order valence-electron chi connectivity index (χ2n) is 5.33. The Kier molecular flexibility index (Phi) is 5.87. The third kappa shape index (κ3) is 4.53. The van der Waals surface area contributed by atoms with Gasteiger partial charge in [0.1, 0.15) is 5.82 Å². The Morgan fingerprint density at radius 3 is 2.63 bits per heavy atom. The molecule has 0 aliphatic carbocycles. The van der Waals surface area contributed by atoms with Gasteiger partial charge in [-0.05, 0) is 43.3 Å². The normalized spacial score (nSPS) is 10.6. The molecule has 0 fully saturated rings. The van der Waals surface area contributed by atoms with Gasteiger partial charge < -0.3 is 4.42 Å². The topological polar surface area (TPSA) is 102 Å². The minimum Gasteiger partial charge on any atom is -0.461 e. The number of carbonyl (C=O) groups excluding carboxylic acids is 2. The number of nitrogens with one attached hydrogen (secondary N) is 2. The lowest BCUT2D eigenvalue weighted by atomic mass is 10.2. The van der Waals surface area contributed by atoms with Crippen LogP contribution in [0.5, 0.6) is 0 Å². The predicted molar refractivity (Wildman–Crippen MR) is 96.1 cm³/mol. The number of amides is 2. The molecule has 8 nitrogen and oxygen atoms in total. The van der Waals surface area contributed by atoms with Crippen LogP contribution >= 0.6 is 11.8 Å². The molecular formula is C17H16FN5O3S. The number of furan rings is 1. The Labute approximate surface area is 158 Å². The van der Waals surface area contributed by atoms with Crippen molar-refractivity contribution >= 4 is 23.6 Å². The van der Waals surface area contributed by atoms with E-state index in [0.717, 1.165) is 0 Å². The molecule has 0 saturated heterocycles. The van der Waals surface area contributed by atoms with Gasteiger partial charge in [0.2, 0.25) is 5.91 Å². The summed E-state index contributed by atoms with van der Waals surface area (Å²) in [6, 6.07) is 8.52. The largest absolute Gasteiger partial charge is 0.461 e. The summed E-state index contributed by atoms with van der Waals surface area (Å²) >= 11 is 1.18. The highest BCUT2D eigenvalue weighted by atomic mass is 32.2. The van der Waals surface area contributed by atoms with E-state index in [1.807, 2.05) is 11.5 Å². The van der Waals surface area contributed by atoms with E-state index >= 15 is 0 Å². The van der Waals surface area contributed by atoms with Gasteiger partial charge in [0.05, 0.1) is 12.0 Å². The first-order valence-electron chi connectivity index (χ1n) is 8.03. The quantitative estimate of drug-likeness (QED) is 0.495. The predicted octanol–water partition coefficient (Wildman–Crippen LogP) is 2.25. The minimum atomic E-state index is -0.537. The summed E-state index contributed by atoms with van der Waals surface area (Å²) in [5.74, 6) is -0.200. The van der Waals surface area contributed by atoms with E-state index in [4.69, 9.17) is 4.42 Å². The van der Waals surface area contributed by atoms with Crippen molar-refractivity contribution in [2.75, 3.05) is 5.75 Å². The maximum atomic E-state index is 12.9. The van der Waals surface area contributed by atoms with E-state index in [-0.39, 0.29) is 11.3 Å². The van der Waals surface area contributed by atoms with Crippen LogP contribution in [0.3, 0.4) is 0 Å². The van der Waals surface area contributed by atoms with Crippen molar-refractivity contribution in [2.24, 2.45) is 0 Å². The van der Waals surface area contributed by atoms with Crippen molar-refractivity contribution in [3.63, 3.8) is 0 Å². The van der Waals surface area contributed by atoms with Gasteiger partial charge in [0, 0.05) is 12.1 Å². The number of hydrazine groups is 1. The molecule has 0 atom stereocenters. The molecule has 0 bridgehead atoms. The van der Waals surface area contributed by atoms with Crippen molar-refractivity contribution in [1.29, 1.82) is 0 Å². The number of nitrogens with zero attached hydrogens (tertiary/aromatic N) is 3. The van der Waals surface area contributed by atoms with Gasteiger partial charge in [-0.25, -0.2) is 4.39 Å². The Morgan fingerprint density at radius 1 is 1.19 bits per heavy atom. The van der Waals surface area contributed by atoms with E-state index in [2.05, 4.69) is 21.0 Å². The first-order valence-corrected chi connectivity index (χ1v) is 9.01. The van der Waals surface area contributed by atoms with Crippen molar-refractivity contribution < 1.29 is 18.4 Å². The lowest BCUT2D eigenvalue weighted by Crippen LogP contribution is -2.42. The highest BCUT2D eigenvalue weighted by molar-refractivity contribution is 7.99. The second kappa shape index (κ2) is 8.49. The van der Waals surface area contributed by atoms with Gasteiger partial charge in [-0.3, -0.25) is 25.0 Å². The Hall–Kier alpha value is -3.14. The van der Waals surface area contributed by atoms with Gasteiger partial charge in [0.25, 0.3) is 5.91 Å². The SMILES string of the molecule is CCn1c(SCC(=O)NNC(=O)c2ccc(F)cc2)nnc1-c1ccco1. The zero-order valence-corrected chi connectivity index (χ0v) is 15.1. The first kappa shape index (κ1) is 18.6. The zero-order chi connectivity index (χ0) is 19.2. The molecule has 0 radical (unpaired) electrons. The average molecular weight is 389 g/mol. The average Bonchev–Trinajstić information content (AvgIpc) is 3.33. The van der Waals surface area contributed by atoms with Crippen LogP contribution in [0.1, 0.15) is 17.3 Å². The number of rotatable bonds is 6. The van der Waals surface area contributed by atoms with Crippen molar-refractivity contribution in [1.82, 2.24) is 25.6 Å². The molecule has 2 amide bonds. The van der Waals surface area contributed by atoms with Crippen molar-refractivity contribution in [2.45, 2.75) is 18.6 Å². The van der Waals surface area contributed by atoms with E-state index < -0.39 is 17.6 Å². The Bertz CT molecular complexity index is 925. The van der Waals surface area contributed by atoms with Gasteiger partial charge >= 0.3 is 0 Å². The van der Waals surface area contributed by atoms with Crippen LogP contribution in [-0.4, -0.2) is 32.3 Å². The molecule has 0 unspecified atom stereocenters. The zero-order valence-electron chi connectivity index (χ0n) is 14.3. The summed E-state index contributed by atoms with van der Waals surface area (Å²) in [4.78, 5) is 23.8. The van der Waals surface area contributed by atoms with E-state index in [0.29, 0.717) is 23.3 Å². The molecule has 3 rings (SSSR count). The van der Waals surface area contributed by atoms with Crippen molar-refractivity contribution in [3.8, 4) is 11.6 Å². The van der Waals surface area contributed by atoms with Crippen LogP contribution in [0.2, 0.25) is 0 Å². The second-order valence-corrected chi connectivity index (χ2v) is 6.27. The molecule has 140 valence electrons. The van der Waals surface area contributed by atoms with Crippen molar-refractivity contribution in [3.05, 3.63) is 54.0 Å². The maximum Gasteiger partial charge on any atom is 0.269 e. The molecule has 2 aromatic heterocycles. The monoisotopic (exact) mass is 389 g/mol.